The quantitative estimate of drug-likeness (QED) is 0.865. The number of rotatable bonds is 3. The molecule has 0 spiro atoms. The number of nitrogens with zero attached hydrogens (tertiary/aromatic N) is 2. The van der Waals surface area contributed by atoms with Crippen molar-refractivity contribution >= 4 is 28.9 Å². The van der Waals surface area contributed by atoms with Crippen LogP contribution < -0.4 is 0 Å². The maximum atomic E-state index is 12.1. The third kappa shape index (κ3) is 4.19. The first-order valence-corrected chi connectivity index (χ1v) is 8.95. The SMILES string of the molecule is CC(C)(C)OC(=O)N1CC[C@H](CSc2nc3ccccc3[nH]2)C1. The van der Waals surface area contributed by atoms with Gasteiger partial charge in [-0.05, 0) is 45.2 Å². The molecule has 6 heteroatoms. The van der Waals surface area contributed by atoms with Crippen LogP contribution in [0.1, 0.15) is 27.2 Å². The van der Waals surface area contributed by atoms with Crippen LogP contribution in [0.25, 0.3) is 11.0 Å². The summed E-state index contributed by atoms with van der Waals surface area (Å²) in [5, 5.41) is 0.946. The summed E-state index contributed by atoms with van der Waals surface area (Å²) in [4.78, 5) is 21.8. The molecule has 0 saturated carbocycles. The highest BCUT2D eigenvalue weighted by Crippen LogP contribution is 2.26. The van der Waals surface area contributed by atoms with Crippen molar-refractivity contribution in [3.8, 4) is 0 Å². The molecule has 2 heterocycles. The van der Waals surface area contributed by atoms with Crippen LogP contribution in [0.3, 0.4) is 0 Å². The molecule has 1 atom stereocenters. The van der Waals surface area contributed by atoms with E-state index in [1.807, 2.05) is 49.9 Å². The van der Waals surface area contributed by atoms with E-state index in [4.69, 9.17) is 4.74 Å². The number of nitrogens with one attached hydrogen (secondary N) is 1. The summed E-state index contributed by atoms with van der Waals surface area (Å²) < 4.78 is 5.43. The first-order chi connectivity index (χ1) is 10.9. The highest BCUT2D eigenvalue weighted by molar-refractivity contribution is 7.99. The van der Waals surface area contributed by atoms with Crippen LogP contribution in [0.15, 0.2) is 29.4 Å². The normalized spacial score (nSPS) is 18.6. The van der Waals surface area contributed by atoms with Crippen LogP contribution >= 0.6 is 11.8 Å². The number of ether oxygens (including phenoxy) is 1. The Labute approximate surface area is 140 Å². The Morgan fingerprint density at radius 2 is 2.22 bits per heavy atom. The van der Waals surface area contributed by atoms with Gasteiger partial charge in [-0.3, -0.25) is 0 Å². The molecular formula is C17H23N3O2S. The van der Waals surface area contributed by atoms with E-state index in [1.54, 1.807) is 11.8 Å². The Bertz CT molecular complexity index is 659. The van der Waals surface area contributed by atoms with E-state index >= 15 is 0 Å². The highest BCUT2D eigenvalue weighted by atomic mass is 32.2. The van der Waals surface area contributed by atoms with Crippen LogP contribution in [-0.4, -0.2) is 45.4 Å². The Kier molecular flexibility index (Phi) is 4.53. The summed E-state index contributed by atoms with van der Waals surface area (Å²) in [7, 11) is 0. The van der Waals surface area contributed by atoms with Gasteiger partial charge < -0.3 is 14.6 Å². The summed E-state index contributed by atoms with van der Waals surface area (Å²) >= 11 is 1.72. The minimum atomic E-state index is -0.432. The van der Waals surface area contributed by atoms with Crippen molar-refractivity contribution in [3.05, 3.63) is 24.3 Å². The lowest BCUT2D eigenvalue weighted by Crippen LogP contribution is -2.35. The standard InChI is InChI=1S/C17H23N3O2S/c1-17(2,3)22-16(21)20-9-8-12(10-20)11-23-15-18-13-6-4-5-7-14(13)19-15/h4-7,12H,8-11H2,1-3H3,(H,18,19)/t12-/m0/s1. The molecule has 1 aliphatic heterocycles. The minimum absolute atomic E-state index is 0.200. The monoisotopic (exact) mass is 333 g/mol. The molecule has 0 unspecified atom stereocenters. The summed E-state index contributed by atoms with van der Waals surface area (Å²) in [6, 6.07) is 8.04. The number of carbonyl (C=O) groups excluding carboxylic acids is 1. The number of likely N-dealkylation sites (tertiary alicyclic amines) is 1. The predicted octanol–water partition coefficient (Wildman–Crippen LogP) is 3.91. The lowest BCUT2D eigenvalue weighted by molar-refractivity contribution is 0.0289. The molecule has 1 aromatic carbocycles. The Balaban J connectivity index is 1.51. The lowest BCUT2D eigenvalue weighted by Gasteiger charge is -2.24. The number of hydrogen-bond donors (Lipinski definition) is 1. The second-order valence-electron chi connectivity index (χ2n) is 6.95. The van der Waals surface area contributed by atoms with Crippen molar-refractivity contribution in [3.63, 3.8) is 0 Å². The number of hydrogen-bond acceptors (Lipinski definition) is 4. The minimum Gasteiger partial charge on any atom is -0.444 e. The third-order valence-corrected chi connectivity index (χ3v) is 4.87. The molecule has 3 rings (SSSR count). The van der Waals surface area contributed by atoms with Gasteiger partial charge >= 0.3 is 6.09 Å². The van der Waals surface area contributed by atoms with E-state index in [-0.39, 0.29) is 6.09 Å². The van der Waals surface area contributed by atoms with Crippen LogP contribution in [-0.2, 0) is 4.74 Å². The van der Waals surface area contributed by atoms with E-state index in [0.717, 1.165) is 41.5 Å². The maximum absolute atomic E-state index is 12.1. The topological polar surface area (TPSA) is 58.2 Å². The van der Waals surface area contributed by atoms with Crippen molar-refractivity contribution in [1.82, 2.24) is 14.9 Å². The molecule has 1 saturated heterocycles. The van der Waals surface area contributed by atoms with E-state index in [9.17, 15) is 4.79 Å². The number of fused-ring (bicyclic) bond motifs is 1. The molecule has 1 N–H and O–H groups in total. The Hall–Kier alpha value is -1.69. The van der Waals surface area contributed by atoms with Gasteiger partial charge in [0.05, 0.1) is 11.0 Å². The highest BCUT2D eigenvalue weighted by Gasteiger charge is 2.29. The van der Waals surface area contributed by atoms with Gasteiger partial charge in [-0.2, -0.15) is 0 Å². The van der Waals surface area contributed by atoms with E-state index in [0.29, 0.717) is 5.92 Å². The number of imidazole rings is 1. The number of H-pyrrole nitrogens is 1. The fourth-order valence-corrected chi connectivity index (χ4v) is 3.67. The molecule has 0 aliphatic carbocycles. The van der Waals surface area contributed by atoms with E-state index < -0.39 is 5.60 Å². The molecule has 1 fully saturated rings. The smallest absolute Gasteiger partial charge is 0.410 e. The third-order valence-electron chi connectivity index (χ3n) is 3.76. The van der Waals surface area contributed by atoms with E-state index in [2.05, 4.69) is 9.97 Å². The van der Waals surface area contributed by atoms with Crippen molar-refractivity contribution in [2.75, 3.05) is 18.8 Å². The van der Waals surface area contributed by atoms with Gasteiger partial charge in [0, 0.05) is 18.8 Å². The molecule has 0 bridgehead atoms. The van der Waals surface area contributed by atoms with Crippen LogP contribution in [0, 0.1) is 5.92 Å². The van der Waals surface area contributed by atoms with Crippen molar-refractivity contribution in [2.24, 2.45) is 5.92 Å². The van der Waals surface area contributed by atoms with Crippen molar-refractivity contribution in [1.29, 1.82) is 0 Å². The maximum Gasteiger partial charge on any atom is 0.410 e. The first kappa shape index (κ1) is 16.2. The number of aromatic nitrogens is 2. The second kappa shape index (κ2) is 6.43. The van der Waals surface area contributed by atoms with Gasteiger partial charge in [0.1, 0.15) is 5.60 Å². The zero-order valence-electron chi connectivity index (χ0n) is 13.8. The summed E-state index contributed by atoms with van der Waals surface area (Å²) in [5.41, 5.74) is 1.63. The van der Waals surface area contributed by atoms with Gasteiger partial charge in [0.25, 0.3) is 0 Å². The van der Waals surface area contributed by atoms with Gasteiger partial charge in [-0.25, -0.2) is 9.78 Å². The largest absolute Gasteiger partial charge is 0.444 e. The van der Waals surface area contributed by atoms with Gasteiger partial charge in [-0.1, -0.05) is 23.9 Å². The number of thioether (sulfide) groups is 1. The van der Waals surface area contributed by atoms with Gasteiger partial charge in [0.2, 0.25) is 0 Å². The molecule has 124 valence electrons. The molecular weight excluding hydrogens is 310 g/mol. The molecule has 1 amide bonds. The zero-order chi connectivity index (χ0) is 16.4. The molecule has 5 nitrogen and oxygen atoms in total. The number of amides is 1. The first-order valence-electron chi connectivity index (χ1n) is 7.96. The molecule has 1 aliphatic rings. The lowest BCUT2D eigenvalue weighted by atomic mass is 10.2. The fraction of sp³-hybridized carbons (Fsp3) is 0.529. The Morgan fingerprint density at radius 1 is 1.43 bits per heavy atom. The summed E-state index contributed by atoms with van der Waals surface area (Å²) in [5.74, 6) is 1.44. The van der Waals surface area contributed by atoms with Crippen LogP contribution in [0.5, 0.6) is 0 Å². The molecule has 1 aromatic heterocycles. The molecule has 0 radical (unpaired) electrons. The van der Waals surface area contributed by atoms with Crippen LogP contribution in [0.2, 0.25) is 0 Å². The van der Waals surface area contributed by atoms with E-state index in [1.165, 1.54) is 0 Å². The van der Waals surface area contributed by atoms with Crippen molar-refractivity contribution in [2.45, 2.75) is 37.9 Å². The molecule has 23 heavy (non-hydrogen) atoms. The predicted molar refractivity (Wildman–Crippen MR) is 92.7 cm³/mol. The van der Waals surface area contributed by atoms with Gasteiger partial charge in [-0.15, -0.1) is 0 Å². The number of para-hydroxylation sites is 2. The van der Waals surface area contributed by atoms with Crippen molar-refractivity contribution < 1.29 is 9.53 Å². The number of aromatic amines is 1. The van der Waals surface area contributed by atoms with Crippen LogP contribution in [0.4, 0.5) is 4.79 Å². The number of carbonyl (C=O) groups is 1. The summed E-state index contributed by atoms with van der Waals surface area (Å²) in [6.45, 7) is 7.24. The number of benzene rings is 1. The molecule has 2 aromatic rings. The fourth-order valence-electron chi connectivity index (χ4n) is 2.66. The second-order valence-corrected chi connectivity index (χ2v) is 7.96. The summed E-state index contributed by atoms with van der Waals surface area (Å²) in [6.07, 6.45) is 0.820. The average molecular weight is 333 g/mol. The average Bonchev–Trinajstić information content (AvgIpc) is 3.09. The zero-order valence-corrected chi connectivity index (χ0v) is 14.7. The van der Waals surface area contributed by atoms with Gasteiger partial charge in [0.15, 0.2) is 5.16 Å². The Morgan fingerprint density at radius 3 is 2.96 bits per heavy atom.